The van der Waals surface area contributed by atoms with Crippen LogP contribution in [0, 0.1) is 11.6 Å². The highest BCUT2D eigenvalue weighted by atomic mass is 19.1. The van der Waals surface area contributed by atoms with E-state index in [-0.39, 0.29) is 23.7 Å². The number of aromatic nitrogens is 2. The minimum absolute atomic E-state index is 0.103. The number of halogens is 2. The van der Waals surface area contributed by atoms with Gasteiger partial charge in [0.2, 0.25) is 0 Å². The Kier molecular flexibility index (Phi) is 5.07. The van der Waals surface area contributed by atoms with Crippen LogP contribution in [0.2, 0.25) is 0 Å². The average Bonchev–Trinajstić information content (AvgIpc) is 3.57. The number of para-hydroxylation sites is 1. The average molecular weight is 475 g/mol. The number of ether oxygens (including phenoxy) is 1. The normalized spacial score (nSPS) is 22.5. The van der Waals surface area contributed by atoms with Crippen LogP contribution in [-0.2, 0) is 10.3 Å². The second-order valence-corrected chi connectivity index (χ2v) is 9.26. The van der Waals surface area contributed by atoms with E-state index in [9.17, 15) is 13.6 Å². The van der Waals surface area contributed by atoms with Gasteiger partial charge in [-0.2, -0.15) is 5.10 Å². The summed E-state index contributed by atoms with van der Waals surface area (Å²) in [7, 11) is 0. The van der Waals surface area contributed by atoms with Crippen molar-refractivity contribution < 1.29 is 18.3 Å². The van der Waals surface area contributed by atoms with E-state index in [2.05, 4.69) is 5.10 Å². The van der Waals surface area contributed by atoms with Gasteiger partial charge in [-0.05, 0) is 48.9 Å². The Hall–Kier alpha value is -3.78. The van der Waals surface area contributed by atoms with Crippen molar-refractivity contribution in [1.29, 1.82) is 0 Å². The molecule has 2 saturated heterocycles. The van der Waals surface area contributed by atoms with Gasteiger partial charge in [-0.15, -0.1) is 0 Å². The highest BCUT2D eigenvalue weighted by Crippen LogP contribution is 2.39. The Balaban J connectivity index is 1.27. The van der Waals surface area contributed by atoms with Crippen LogP contribution >= 0.6 is 0 Å². The number of benzene rings is 3. The molecular weight excluding hydrogens is 450 g/mol. The standard InChI is InChI=1S/C27H24F2N4O2/c1-27(18-6-4-7-19(28)14-18)15-20(17-35-27)31-12-13-32(26(31)34)23-10-5-11-24-21(23)16-30-33(24)25-9-3-2-8-22(25)29/h2-11,14,16,20H,12-13,15,17H2,1H3/t20-,27-/m0/s1. The van der Waals surface area contributed by atoms with Crippen molar-refractivity contribution in [3.63, 3.8) is 0 Å². The molecule has 2 aliphatic heterocycles. The van der Waals surface area contributed by atoms with Crippen molar-refractivity contribution in [3.8, 4) is 5.69 Å². The van der Waals surface area contributed by atoms with Gasteiger partial charge in [-0.25, -0.2) is 18.3 Å². The molecule has 2 amide bonds. The molecule has 2 aliphatic rings. The number of anilines is 1. The third kappa shape index (κ3) is 3.56. The summed E-state index contributed by atoms with van der Waals surface area (Å²) in [6.45, 7) is 3.42. The van der Waals surface area contributed by atoms with Gasteiger partial charge in [0, 0.05) is 24.9 Å². The maximum Gasteiger partial charge on any atom is 0.324 e. The number of rotatable bonds is 4. The molecule has 2 fully saturated rings. The first-order valence-electron chi connectivity index (χ1n) is 11.6. The molecule has 0 bridgehead atoms. The molecule has 8 heteroatoms. The zero-order chi connectivity index (χ0) is 24.2. The van der Waals surface area contributed by atoms with E-state index in [1.165, 1.54) is 18.2 Å². The first-order valence-corrected chi connectivity index (χ1v) is 11.6. The van der Waals surface area contributed by atoms with Crippen LogP contribution in [0.4, 0.5) is 19.3 Å². The summed E-state index contributed by atoms with van der Waals surface area (Å²) in [5.41, 5.74) is 1.94. The van der Waals surface area contributed by atoms with Crippen LogP contribution in [0.25, 0.3) is 16.6 Å². The molecule has 2 atom stereocenters. The zero-order valence-electron chi connectivity index (χ0n) is 19.2. The van der Waals surface area contributed by atoms with Gasteiger partial charge in [0.15, 0.2) is 0 Å². The Morgan fingerprint density at radius 1 is 1.00 bits per heavy atom. The molecule has 178 valence electrons. The number of nitrogens with zero attached hydrogens (tertiary/aromatic N) is 4. The lowest BCUT2D eigenvalue weighted by Gasteiger charge is -2.26. The summed E-state index contributed by atoms with van der Waals surface area (Å²) >= 11 is 0. The van der Waals surface area contributed by atoms with Crippen LogP contribution in [0.15, 0.2) is 72.9 Å². The van der Waals surface area contributed by atoms with E-state index in [0.717, 1.165) is 22.2 Å². The molecular formula is C27H24F2N4O2. The summed E-state index contributed by atoms with van der Waals surface area (Å²) in [5.74, 6) is -0.669. The smallest absolute Gasteiger partial charge is 0.324 e. The topological polar surface area (TPSA) is 50.6 Å². The van der Waals surface area contributed by atoms with Crippen LogP contribution in [-0.4, -0.2) is 46.4 Å². The van der Waals surface area contributed by atoms with Crippen molar-refractivity contribution in [3.05, 3.63) is 90.1 Å². The molecule has 0 N–H and O–H groups in total. The maximum absolute atomic E-state index is 14.4. The van der Waals surface area contributed by atoms with E-state index in [4.69, 9.17) is 4.74 Å². The fourth-order valence-corrected chi connectivity index (χ4v) is 5.27. The maximum atomic E-state index is 14.4. The van der Waals surface area contributed by atoms with Gasteiger partial charge < -0.3 is 9.64 Å². The highest BCUT2D eigenvalue weighted by Gasteiger charge is 2.44. The molecule has 0 saturated carbocycles. The fraction of sp³-hybridized carbons (Fsp3) is 0.259. The minimum Gasteiger partial charge on any atom is -0.368 e. The number of urea groups is 1. The molecule has 3 heterocycles. The van der Waals surface area contributed by atoms with Crippen LogP contribution < -0.4 is 4.90 Å². The fourth-order valence-electron chi connectivity index (χ4n) is 5.27. The predicted molar refractivity (Wildman–Crippen MR) is 129 cm³/mol. The van der Waals surface area contributed by atoms with E-state index in [1.54, 1.807) is 40.0 Å². The Labute approximate surface area is 201 Å². The van der Waals surface area contributed by atoms with Crippen LogP contribution in [0.3, 0.4) is 0 Å². The summed E-state index contributed by atoms with van der Waals surface area (Å²) in [6.07, 6.45) is 2.26. The minimum atomic E-state index is -0.651. The van der Waals surface area contributed by atoms with Crippen molar-refractivity contribution in [2.75, 3.05) is 24.6 Å². The molecule has 6 nitrogen and oxygen atoms in total. The first kappa shape index (κ1) is 21.7. The lowest BCUT2D eigenvalue weighted by atomic mass is 9.91. The molecule has 4 aromatic rings. The summed E-state index contributed by atoms with van der Waals surface area (Å²) in [4.78, 5) is 17.1. The number of carbonyl (C=O) groups excluding carboxylic acids is 1. The molecule has 3 aromatic carbocycles. The first-order chi connectivity index (χ1) is 16.9. The Morgan fingerprint density at radius 3 is 2.63 bits per heavy atom. The lowest BCUT2D eigenvalue weighted by Crippen LogP contribution is -2.40. The molecule has 6 rings (SSSR count). The third-order valence-corrected chi connectivity index (χ3v) is 7.10. The van der Waals surface area contributed by atoms with E-state index in [1.807, 2.05) is 36.1 Å². The number of amides is 2. The molecule has 35 heavy (non-hydrogen) atoms. The van der Waals surface area contributed by atoms with E-state index >= 15 is 0 Å². The quantitative estimate of drug-likeness (QED) is 0.406. The zero-order valence-corrected chi connectivity index (χ0v) is 19.2. The Morgan fingerprint density at radius 2 is 1.80 bits per heavy atom. The summed E-state index contributed by atoms with van der Waals surface area (Å²) in [5, 5.41) is 5.19. The third-order valence-electron chi connectivity index (χ3n) is 7.10. The largest absolute Gasteiger partial charge is 0.368 e. The van der Waals surface area contributed by atoms with Crippen molar-refractivity contribution in [1.82, 2.24) is 14.7 Å². The number of hydrogen-bond donors (Lipinski definition) is 0. The van der Waals surface area contributed by atoms with Gasteiger partial charge in [0.25, 0.3) is 0 Å². The van der Waals surface area contributed by atoms with Crippen LogP contribution in [0.5, 0.6) is 0 Å². The molecule has 1 aromatic heterocycles. The van der Waals surface area contributed by atoms with E-state index < -0.39 is 5.60 Å². The molecule has 0 unspecified atom stereocenters. The summed E-state index contributed by atoms with van der Waals surface area (Å²) in [6, 6.07) is 18.3. The Bertz CT molecular complexity index is 1440. The van der Waals surface area contributed by atoms with Crippen molar-refractivity contribution in [2.24, 2.45) is 0 Å². The monoisotopic (exact) mass is 474 g/mol. The summed E-state index contributed by atoms with van der Waals surface area (Å²) < 4.78 is 35.9. The SMILES string of the molecule is C[C@@]1(c2cccc(F)c2)C[C@H](N2CCN(c3cccc4c3cnn4-c3ccccc3F)C2=O)CO1. The van der Waals surface area contributed by atoms with E-state index in [0.29, 0.717) is 31.8 Å². The lowest BCUT2D eigenvalue weighted by molar-refractivity contribution is 0.0148. The second kappa shape index (κ2) is 8.16. The predicted octanol–water partition coefficient (Wildman–Crippen LogP) is 5.25. The molecule has 0 aliphatic carbocycles. The highest BCUT2D eigenvalue weighted by molar-refractivity contribution is 6.03. The van der Waals surface area contributed by atoms with Gasteiger partial charge in [-0.1, -0.05) is 30.3 Å². The van der Waals surface area contributed by atoms with Gasteiger partial charge >= 0.3 is 6.03 Å². The van der Waals surface area contributed by atoms with Crippen molar-refractivity contribution in [2.45, 2.75) is 25.0 Å². The number of hydrogen-bond acceptors (Lipinski definition) is 3. The van der Waals surface area contributed by atoms with Crippen molar-refractivity contribution >= 4 is 22.6 Å². The van der Waals surface area contributed by atoms with Crippen LogP contribution in [0.1, 0.15) is 18.9 Å². The number of fused-ring (bicyclic) bond motifs is 1. The van der Waals surface area contributed by atoms with Gasteiger partial charge in [-0.3, -0.25) is 4.90 Å². The second-order valence-electron chi connectivity index (χ2n) is 9.26. The van der Waals surface area contributed by atoms with Gasteiger partial charge in [0.05, 0.1) is 35.7 Å². The number of carbonyl (C=O) groups is 1. The molecule has 0 radical (unpaired) electrons. The molecule has 0 spiro atoms. The van der Waals surface area contributed by atoms with Gasteiger partial charge in [0.1, 0.15) is 17.3 Å².